The van der Waals surface area contributed by atoms with Crippen molar-refractivity contribution in [3.8, 4) is 11.3 Å². The van der Waals surface area contributed by atoms with Crippen LogP contribution < -0.4 is 5.73 Å². The highest BCUT2D eigenvalue weighted by Crippen LogP contribution is 2.32. The first kappa shape index (κ1) is 12.7. The molecule has 3 rings (SSSR count). The third-order valence-electron chi connectivity index (χ3n) is 3.38. The predicted octanol–water partition coefficient (Wildman–Crippen LogP) is 3.77. The monoisotopic (exact) mass is 267 g/mol. The van der Waals surface area contributed by atoms with Crippen molar-refractivity contribution in [1.29, 1.82) is 0 Å². The first-order valence-electron chi connectivity index (χ1n) is 6.56. The zero-order chi connectivity index (χ0) is 14.3. The number of nitrogen functional groups attached to an aromatic ring is 1. The molecule has 2 aromatic heterocycles. The number of hydrogen-bond acceptors (Lipinski definition) is 4. The maximum absolute atomic E-state index is 5.59. The molecule has 2 N–H and O–H groups in total. The average molecular weight is 267 g/mol. The summed E-state index contributed by atoms with van der Waals surface area (Å²) in [4.78, 5) is 4.35. The summed E-state index contributed by atoms with van der Waals surface area (Å²) in [6.07, 6.45) is 3.81. The van der Waals surface area contributed by atoms with Crippen LogP contribution >= 0.6 is 0 Å². The lowest BCUT2D eigenvalue weighted by Crippen LogP contribution is -2.12. The van der Waals surface area contributed by atoms with Crippen molar-refractivity contribution in [2.75, 3.05) is 5.73 Å². The van der Waals surface area contributed by atoms with Crippen molar-refractivity contribution in [2.24, 2.45) is 0 Å². The molecule has 2 heterocycles. The molecular weight excluding hydrogens is 250 g/mol. The molecule has 0 fully saturated rings. The van der Waals surface area contributed by atoms with Crippen LogP contribution in [0.1, 0.15) is 26.3 Å². The third-order valence-corrected chi connectivity index (χ3v) is 3.38. The number of pyridine rings is 1. The lowest BCUT2D eigenvalue weighted by Gasteiger charge is -2.20. The van der Waals surface area contributed by atoms with Crippen molar-refractivity contribution in [1.82, 2.24) is 10.1 Å². The van der Waals surface area contributed by atoms with Crippen LogP contribution in [-0.4, -0.2) is 10.1 Å². The maximum atomic E-state index is 5.59. The topological polar surface area (TPSA) is 64.9 Å². The molecule has 0 aliphatic rings. The van der Waals surface area contributed by atoms with Gasteiger partial charge in [0.2, 0.25) is 0 Å². The van der Waals surface area contributed by atoms with E-state index in [-0.39, 0.29) is 5.41 Å². The summed E-state index contributed by atoms with van der Waals surface area (Å²) in [5.41, 5.74) is 7.84. The summed E-state index contributed by atoms with van der Waals surface area (Å²) in [5, 5.41) is 6.02. The van der Waals surface area contributed by atoms with E-state index >= 15 is 0 Å². The minimum atomic E-state index is 0.0602. The molecule has 0 amide bonds. The second-order valence-corrected chi connectivity index (χ2v) is 5.99. The van der Waals surface area contributed by atoms with Gasteiger partial charge < -0.3 is 10.3 Å². The van der Waals surface area contributed by atoms with Crippen molar-refractivity contribution < 1.29 is 4.52 Å². The Morgan fingerprint density at radius 3 is 2.55 bits per heavy atom. The van der Waals surface area contributed by atoms with Gasteiger partial charge >= 0.3 is 0 Å². The van der Waals surface area contributed by atoms with Crippen LogP contribution in [-0.2, 0) is 5.41 Å². The number of fused-ring (bicyclic) bond motifs is 1. The van der Waals surface area contributed by atoms with Crippen LogP contribution in [0.2, 0.25) is 0 Å². The lowest BCUT2D eigenvalue weighted by molar-refractivity contribution is 0.436. The standard InChI is InChI=1S/C16H17N3O/c1-16(2,3)13-9-18-8-11-6-10(4-5-12(11)13)14-7-15(17)19-20-14/h4-9H,1-3H3,(H2,17,19). The number of anilines is 1. The van der Waals surface area contributed by atoms with Gasteiger partial charge in [0.25, 0.3) is 0 Å². The fourth-order valence-electron chi connectivity index (χ4n) is 2.35. The van der Waals surface area contributed by atoms with Crippen molar-refractivity contribution >= 4 is 16.6 Å². The summed E-state index contributed by atoms with van der Waals surface area (Å²) in [5.74, 6) is 1.06. The SMILES string of the molecule is CC(C)(C)c1cncc2cc(-c3cc(N)no3)ccc12. The zero-order valence-corrected chi connectivity index (χ0v) is 11.8. The quantitative estimate of drug-likeness (QED) is 0.729. The van der Waals surface area contributed by atoms with E-state index in [1.165, 1.54) is 10.9 Å². The summed E-state index contributed by atoms with van der Waals surface area (Å²) in [6, 6.07) is 7.91. The lowest BCUT2D eigenvalue weighted by atomic mass is 9.85. The fraction of sp³-hybridized carbons (Fsp3) is 0.250. The number of aromatic nitrogens is 2. The van der Waals surface area contributed by atoms with Gasteiger partial charge in [-0.15, -0.1) is 0 Å². The fourth-order valence-corrected chi connectivity index (χ4v) is 2.35. The Morgan fingerprint density at radius 2 is 1.90 bits per heavy atom. The highest BCUT2D eigenvalue weighted by Gasteiger charge is 2.17. The molecule has 20 heavy (non-hydrogen) atoms. The van der Waals surface area contributed by atoms with Crippen LogP contribution in [0.25, 0.3) is 22.1 Å². The van der Waals surface area contributed by atoms with Crippen LogP contribution in [0.15, 0.2) is 41.2 Å². The Hall–Kier alpha value is -2.36. The Labute approximate surface area is 117 Å². The molecule has 102 valence electrons. The number of hydrogen-bond donors (Lipinski definition) is 1. The Kier molecular flexibility index (Phi) is 2.74. The number of nitrogens with zero attached hydrogens (tertiary/aromatic N) is 2. The van der Waals surface area contributed by atoms with Gasteiger partial charge in [-0.25, -0.2) is 0 Å². The zero-order valence-electron chi connectivity index (χ0n) is 11.8. The second-order valence-electron chi connectivity index (χ2n) is 5.99. The third kappa shape index (κ3) is 2.13. The molecule has 4 nitrogen and oxygen atoms in total. The molecule has 0 aliphatic carbocycles. The molecule has 0 bridgehead atoms. The molecular formula is C16H17N3O. The molecule has 0 radical (unpaired) electrons. The number of nitrogens with two attached hydrogens (primary N) is 1. The summed E-state index contributed by atoms with van der Waals surface area (Å²) in [6.45, 7) is 6.57. The van der Waals surface area contributed by atoms with Crippen molar-refractivity contribution in [3.05, 3.63) is 42.2 Å². The Morgan fingerprint density at radius 1 is 1.10 bits per heavy atom. The van der Waals surface area contributed by atoms with Gasteiger partial charge in [0.05, 0.1) is 0 Å². The van der Waals surface area contributed by atoms with Gasteiger partial charge in [0.15, 0.2) is 11.6 Å². The minimum absolute atomic E-state index is 0.0602. The van der Waals surface area contributed by atoms with Crippen molar-refractivity contribution in [3.63, 3.8) is 0 Å². The molecule has 0 unspecified atom stereocenters. The number of benzene rings is 1. The van der Waals surface area contributed by atoms with E-state index < -0.39 is 0 Å². The van der Waals surface area contributed by atoms with Gasteiger partial charge in [-0.1, -0.05) is 38.1 Å². The molecule has 3 aromatic rings. The molecule has 0 atom stereocenters. The van der Waals surface area contributed by atoms with E-state index in [2.05, 4.69) is 43.0 Å². The van der Waals surface area contributed by atoms with E-state index in [4.69, 9.17) is 10.3 Å². The van der Waals surface area contributed by atoms with Crippen LogP contribution in [0.4, 0.5) is 5.82 Å². The van der Waals surface area contributed by atoms with Crippen molar-refractivity contribution in [2.45, 2.75) is 26.2 Å². The van der Waals surface area contributed by atoms with E-state index in [1.54, 1.807) is 6.07 Å². The predicted molar refractivity (Wildman–Crippen MR) is 80.4 cm³/mol. The first-order chi connectivity index (χ1) is 9.45. The van der Waals surface area contributed by atoms with Crippen LogP contribution in [0, 0.1) is 0 Å². The largest absolute Gasteiger partial charge is 0.381 e. The molecule has 0 saturated carbocycles. The molecule has 0 saturated heterocycles. The molecule has 1 aromatic carbocycles. The average Bonchev–Trinajstić information content (AvgIpc) is 2.83. The Bertz CT molecular complexity index is 769. The minimum Gasteiger partial charge on any atom is -0.381 e. The molecule has 0 aliphatic heterocycles. The first-order valence-corrected chi connectivity index (χ1v) is 6.56. The van der Waals surface area contributed by atoms with Gasteiger partial charge in [0.1, 0.15) is 0 Å². The van der Waals surface area contributed by atoms with E-state index in [1.807, 2.05) is 18.5 Å². The summed E-state index contributed by atoms with van der Waals surface area (Å²) >= 11 is 0. The molecule has 4 heteroatoms. The molecule has 0 spiro atoms. The van der Waals surface area contributed by atoms with E-state index in [0.717, 1.165) is 10.9 Å². The Balaban J connectivity index is 2.18. The number of rotatable bonds is 1. The summed E-state index contributed by atoms with van der Waals surface area (Å²) < 4.78 is 5.20. The second kappa shape index (κ2) is 4.34. The summed E-state index contributed by atoms with van der Waals surface area (Å²) in [7, 11) is 0. The van der Waals surface area contributed by atoms with E-state index in [9.17, 15) is 0 Å². The highest BCUT2D eigenvalue weighted by atomic mass is 16.5. The van der Waals surface area contributed by atoms with Gasteiger partial charge in [-0.2, -0.15) is 0 Å². The van der Waals surface area contributed by atoms with Gasteiger partial charge in [-0.05, 0) is 22.4 Å². The van der Waals surface area contributed by atoms with Crippen LogP contribution in [0.3, 0.4) is 0 Å². The van der Waals surface area contributed by atoms with Crippen LogP contribution in [0.5, 0.6) is 0 Å². The highest BCUT2D eigenvalue weighted by molar-refractivity contribution is 5.89. The normalized spacial score (nSPS) is 11.9. The smallest absolute Gasteiger partial charge is 0.169 e. The maximum Gasteiger partial charge on any atom is 0.169 e. The van der Waals surface area contributed by atoms with Gasteiger partial charge in [0, 0.05) is 29.4 Å². The van der Waals surface area contributed by atoms with E-state index in [0.29, 0.717) is 11.6 Å². The van der Waals surface area contributed by atoms with Gasteiger partial charge in [-0.3, -0.25) is 4.98 Å².